The Labute approximate surface area is 232 Å². The number of hydrogen-bond acceptors (Lipinski definition) is 4. The molecule has 0 atom stereocenters. The van der Waals surface area contributed by atoms with Crippen LogP contribution in [-0.4, -0.2) is 24.8 Å². The number of hydrogen-bond donors (Lipinski definition) is 0. The van der Waals surface area contributed by atoms with Gasteiger partial charge in [-0.25, -0.2) is 0 Å². The van der Waals surface area contributed by atoms with Crippen LogP contribution in [0.3, 0.4) is 0 Å². The molecule has 3 rings (SSSR count). The zero-order valence-electron chi connectivity index (χ0n) is 24.3. The molecule has 0 spiro atoms. The molecule has 1 aromatic carbocycles. The summed E-state index contributed by atoms with van der Waals surface area (Å²) in [5, 5.41) is 0. The van der Waals surface area contributed by atoms with Gasteiger partial charge in [-0.15, -0.1) is 0 Å². The zero-order chi connectivity index (χ0) is 26.7. The van der Waals surface area contributed by atoms with Gasteiger partial charge in [-0.3, -0.25) is 4.98 Å². The normalized spacial score (nSPS) is 17.5. The monoisotopic (exact) mass is 523 g/mol. The Morgan fingerprint density at radius 3 is 1.84 bits per heavy atom. The van der Waals surface area contributed by atoms with Crippen LogP contribution in [0.2, 0.25) is 0 Å². The fourth-order valence-corrected chi connectivity index (χ4v) is 5.16. The quantitative estimate of drug-likeness (QED) is 0.162. The number of aromatic nitrogens is 1. The summed E-state index contributed by atoms with van der Waals surface area (Å²) < 4.78 is 18.1. The van der Waals surface area contributed by atoms with Crippen molar-refractivity contribution >= 4 is 0 Å². The molecule has 2 aromatic rings. The summed E-state index contributed by atoms with van der Waals surface area (Å²) in [5.41, 5.74) is 3.04. The summed E-state index contributed by atoms with van der Waals surface area (Å²) in [6.07, 6.45) is 22.8. The van der Waals surface area contributed by atoms with E-state index in [0.717, 1.165) is 48.8 Å². The molecule has 0 N–H and O–H groups in total. The summed E-state index contributed by atoms with van der Waals surface area (Å²) in [4.78, 5) is 4.69. The van der Waals surface area contributed by atoms with Crippen LogP contribution in [0.25, 0.3) is 11.3 Å². The predicted octanol–water partition coefficient (Wildman–Crippen LogP) is 10.1. The molecule has 4 nitrogen and oxygen atoms in total. The Morgan fingerprint density at radius 2 is 1.26 bits per heavy atom. The van der Waals surface area contributed by atoms with Crippen LogP contribution in [-0.2, 0) is 9.47 Å². The number of ether oxygens (including phenoxy) is 3. The van der Waals surface area contributed by atoms with E-state index in [1.54, 1.807) is 0 Å². The highest BCUT2D eigenvalue weighted by Gasteiger charge is 2.23. The summed E-state index contributed by atoms with van der Waals surface area (Å²) in [5.74, 6) is 1.45. The van der Waals surface area contributed by atoms with E-state index >= 15 is 0 Å². The van der Waals surface area contributed by atoms with E-state index in [1.807, 2.05) is 18.3 Å². The van der Waals surface area contributed by atoms with Crippen LogP contribution < -0.4 is 4.74 Å². The second-order valence-electron chi connectivity index (χ2n) is 11.1. The molecule has 0 unspecified atom stereocenters. The molecular weight excluding hydrogens is 470 g/mol. The first-order chi connectivity index (χ1) is 18.8. The molecule has 1 saturated heterocycles. The minimum Gasteiger partial charge on any atom is -0.494 e. The predicted molar refractivity (Wildman–Crippen MR) is 159 cm³/mol. The topological polar surface area (TPSA) is 40.6 Å². The molecule has 1 fully saturated rings. The Bertz CT molecular complexity index is 828. The van der Waals surface area contributed by atoms with Crippen LogP contribution in [0.5, 0.6) is 5.75 Å². The van der Waals surface area contributed by atoms with Crippen LogP contribution in [0.4, 0.5) is 0 Å². The van der Waals surface area contributed by atoms with Crippen molar-refractivity contribution in [3.8, 4) is 17.0 Å². The van der Waals surface area contributed by atoms with E-state index in [1.165, 1.54) is 96.3 Å². The number of nitrogens with zero attached hydrogens (tertiary/aromatic N) is 1. The highest BCUT2D eigenvalue weighted by molar-refractivity contribution is 5.60. The van der Waals surface area contributed by atoms with E-state index < -0.39 is 0 Å². The lowest BCUT2D eigenvalue weighted by Crippen LogP contribution is -2.27. The lowest BCUT2D eigenvalue weighted by Gasteiger charge is -2.29. The smallest absolute Gasteiger partial charge is 0.185 e. The summed E-state index contributed by atoms with van der Waals surface area (Å²) in [7, 11) is 0. The Kier molecular flexibility index (Phi) is 15.5. The second-order valence-corrected chi connectivity index (χ2v) is 11.1. The third-order valence-electron chi connectivity index (χ3n) is 7.66. The van der Waals surface area contributed by atoms with Gasteiger partial charge in [0.15, 0.2) is 6.29 Å². The van der Waals surface area contributed by atoms with Gasteiger partial charge in [0.1, 0.15) is 5.75 Å². The zero-order valence-corrected chi connectivity index (χ0v) is 24.3. The highest BCUT2D eigenvalue weighted by atomic mass is 16.7. The van der Waals surface area contributed by atoms with Crippen LogP contribution >= 0.6 is 0 Å². The average molecular weight is 524 g/mol. The van der Waals surface area contributed by atoms with Gasteiger partial charge in [0.05, 0.1) is 25.5 Å². The molecule has 0 aliphatic carbocycles. The van der Waals surface area contributed by atoms with Crippen molar-refractivity contribution in [1.82, 2.24) is 4.98 Å². The number of pyridine rings is 1. The van der Waals surface area contributed by atoms with E-state index in [0.29, 0.717) is 5.92 Å². The maximum atomic E-state index is 6.06. The van der Waals surface area contributed by atoms with Crippen molar-refractivity contribution in [2.45, 2.75) is 123 Å². The molecule has 1 aliphatic rings. The minimum atomic E-state index is -0.297. The number of rotatable bonds is 20. The van der Waals surface area contributed by atoms with Gasteiger partial charge in [0.25, 0.3) is 0 Å². The molecule has 2 heterocycles. The van der Waals surface area contributed by atoms with Gasteiger partial charge < -0.3 is 14.2 Å². The van der Waals surface area contributed by atoms with Crippen molar-refractivity contribution in [1.29, 1.82) is 0 Å². The van der Waals surface area contributed by atoms with Crippen LogP contribution in [0, 0.1) is 5.92 Å². The van der Waals surface area contributed by atoms with Crippen LogP contribution in [0.15, 0.2) is 42.6 Å². The Morgan fingerprint density at radius 1 is 0.684 bits per heavy atom. The lowest BCUT2D eigenvalue weighted by atomic mass is 10.0. The van der Waals surface area contributed by atoms with E-state index in [9.17, 15) is 0 Å². The maximum Gasteiger partial charge on any atom is 0.185 e. The third-order valence-corrected chi connectivity index (χ3v) is 7.66. The highest BCUT2D eigenvalue weighted by Crippen LogP contribution is 2.29. The first kappa shape index (κ1) is 30.6. The van der Waals surface area contributed by atoms with Gasteiger partial charge in [-0.1, -0.05) is 110 Å². The fourth-order valence-electron chi connectivity index (χ4n) is 5.16. The molecule has 38 heavy (non-hydrogen) atoms. The molecule has 0 amide bonds. The molecule has 0 saturated carbocycles. The lowest BCUT2D eigenvalue weighted by molar-refractivity contribution is -0.206. The molecule has 0 bridgehead atoms. The van der Waals surface area contributed by atoms with Crippen molar-refractivity contribution in [3.63, 3.8) is 0 Å². The van der Waals surface area contributed by atoms with Gasteiger partial charge >= 0.3 is 0 Å². The Hall–Kier alpha value is -1.91. The van der Waals surface area contributed by atoms with E-state index in [-0.39, 0.29) is 6.29 Å². The number of benzene rings is 1. The van der Waals surface area contributed by atoms with Gasteiger partial charge in [0.2, 0.25) is 0 Å². The van der Waals surface area contributed by atoms with Crippen LogP contribution in [0.1, 0.15) is 128 Å². The van der Waals surface area contributed by atoms with E-state index in [2.05, 4.69) is 43.1 Å². The molecular formula is C34H53NO3. The number of unbranched alkanes of at least 4 members (excludes halogenated alkanes) is 13. The van der Waals surface area contributed by atoms with Crippen molar-refractivity contribution in [2.24, 2.45) is 5.92 Å². The van der Waals surface area contributed by atoms with Crippen molar-refractivity contribution < 1.29 is 14.2 Å². The average Bonchev–Trinajstić information content (AvgIpc) is 2.97. The fraction of sp³-hybridized carbons (Fsp3) is 0.676. The van der Waals surface area contributed by atoms with E-state index in [4.69, 9.17) is 14.2 Å². The Balaban J connectivity index is 1.30. The summed E-state index contributed by atoms with van der Waals surface area (Å²) >= 11 is 0. The van der Waals surface area contributed by atoms with Gasteiger partial charge in [0, 0.05) is 23.2 Å². The molecule has 1 aromatic heterocycles. The van der Waals surface area contributed by atoms with Gasteiger partial charge in [-0.2, -0.15) is 0 Å². The minimum absolute atomic E-state index is 0.297. The SMILES string of the molecule is CCCCCCCCCCC1COC(c2ccc(-c3ccc(OCCCCCCCCC)cc3)nc2)OC1. The summed E-state index contributed by atoms with van der Waals surface area (Å²) in [6.45, 7) is 6.89. The van der Waals surface area contributed by atoms with Crippen molar-refractivity contribution in [3.05, 3.63) is 48.2 Å². The summed E-state index contributed by atoms with van der Waals surface area (Å²) in [6, 6.07) is 12.4. The first-order valence-electron chi connectivity index (χ1n) is 15.7. The molecule has 1 aliphatic heterocycles. The van der Waals surface area contributed by atoms with Crippen molar-refractivity contribution in [2.75, 3.05) is 19.8 Å². The maximum absolute atomic E-state index is 6.06. The molecule has 0 radical (unpaired) electrons. The first-order valence-corrected chi connectivity index (χ1v) is 15.7. The largest absolute Gasteiger partial charge is 0.494 e. The molecule has 212 valence electrons. The molecule has 4 heteroatoms. The second kappa shape index (κ2) is 19.2. The standard InChI is InChI=1S/C34H53NO3/c1-3-5-7-9-11-12-14-16-18-29-27-37-34(38-28-29)31-21-24-33(35-26-31)30-19-22-32(23-20-30)36-25-17-15-13-10-8-6-4-2/h19-24,26,29,34H,3-18,25,27-28H2,1-2H3. The van der Waals surface area contributed by atoms with Gasteiger partial charge in [-0.05, 0) is 43.2 Å². The third kappa shape index (κ3) is 11.9.